The van der Waals surface area contributed by atoms with E-state index in [1.807, 2.05) is 41.3 Å². The number of carbonyl (C=O) groups excluding carboxylic acids is 1. The van der Waals surface area contributed by atoms with Crippen molar-refractivity contribution in [1.29, 1.82) is 0 Å². The summed E-state index contributed by atoms with van der Waals surface area (Å²) in [5.41, 5.74) is 3.41. The van der Waals surface area contributed by atoms with Gasteiger partial charge in [0.1, 0.15) is 5.04 Å². The molecule has 1 spiro atoms. The second kappa shape index (κ2) is 10.0. The summed E-state index contributed by atoms with van der Waals surface area (Å²) < 4.78 is 0. The van der Waals surface area contributed by atoms with Crippen molar-refractivity contribution in [3.8, 4) is 0 Å². The highest BCUT2D eigenvalue weighted by Crippen LogP contribution is 2.36. The molecule has 2 amide bonds. The molecule has 7 heteroatoms. The van der Waals surface area contributed by atoms with Crippen molar-refractivity contribution in [2.75, 3.05) is 18.4 Å². The molecule has 5 rings (SSSR count). The van der Waals surface area contributed by atoms with Crippen LogP contribution in [0.1, 0.15) is 24.0 Å². The van der Waals surface area contributed by atoms with Gasteiger partial charge in [-0.15, -0.1) is 0 Å². The van der Waals surface area contributed by atoms with Crippen molar-refractivity contribution in [1.82, 2.24) is 4.90 Å². The fourth-order valence-electron chi connectivity index (χ4n) is 4.18. The topological polar surface area (TPSA) is 57.1 Å². The van der Waals surface area contributed by atoms with Crippen molar-refractivity contribution in [3.63, 3.8) is 0 Å². The Morgan fingerprint density at radius 2 is 1.56 bits per heavy atom. The number of halogens is 1. The molecule has 2 aliphatic heterocycles. The summed E-state index contributed by atoms with van der Waals surface area (Å²) in [5.74, 6) is 0.841. The van der Waals surface area contributed by atoms with E-state index in [9.17, 15) is 4.79 Å². The van der Waals surface area contributed by atoms with E-state index in [0.29, 0.717) is 36.6 Å². The second-order valence-corrected chi connectivity index (χ2v) is 9.77. The summed E-state index contributed by atoms with van der Waals surface area (Å²) in [6, 6.07) is 27.8. The zero-order valence-corrected chi connectivity index (χ0v) is 20.2. The highest BCUT2D eigenvalue weighted by atomic mass is 35.5. The number of amides is 2. The van der Waals surface area contributed by atoms with E-state index in [4.69, 9.17) is 21.6 Å². The van der Waals surface area contributed by atoms with Crippen LogP contribution in [0.15, 0.2) is 94.9 Å². The third-order valence-corrected chi connectivity index (χ3v) is 7.43. The van der Waals surface area contributed by atoms with Gasteiger partial charge in [-0.3, -0.25) is 4.99 Å². The lowest BCUT2D eigenvalue weighted by molar-refractivity contribution is 0.175. The molecule has 1 saturated heterocycles. The first-order valence-electron chi connectivity index (χ1n) is 11.3. The van der Waals surface area contributed by atoms with Gasteiger partial charge in [0, 0.05) is 37.2 Å². The monoisotopic (exact) mass is 488 g/mol. The maximum atomic E-state index is 12.8. The number of anilines is 1. The van der Waals surface area contributed by atoms with Gasteiger partial charge in [0.2, 0.25) is 0 Å². The number of aliphatic imine (C=N–C) groups is 2. The van der Waals surface area contributed by atoms with Crippen LogP contribution in [-0.4, -0.2) is 40.4 Å². The Kier molecular flexibility index (Phi) is 6.70. The highest BCUT2D eigenvalue weighted by Gasteiger charge is 2.40. The average molecular weight is 489 g/mol. The normalized spacial score (nSPS) is 16.8. The smallest absolute Gasteiger partial charge is 0.321 e. The van der Waals surface area contributed by atoms with Gasteiger partial charge in [-0.2, -0.15) is 0 Å². The number of nitrogens with one attached hydrogen (secondary N) is 1. The highest BCUT2D eigenvalue weighted by molar-refractivity contribution is 8.15. The number of thioether (sulfide) groups is 1. The van der Waals surface area contributed by atoms with E-state index in [0.717, 1.165) is 22.1 Å². The minimum atomic E-state index is -0.509. The number of hydrogen-bond donors (Lipinski definition) is 1. The summed E-state index contributed by atoms with van der Waals surface area (Å²) in [6.45, 7) is 1.17. The van der Waals surface area contributed by atoms with Crippen LogP contribution in [0.3, 0.4) is 0 Å². The fourth-order valence-corrected chi connectivity index (χ4v) is 5.40. The standard InChI is InChI=1S/C27H25ClN4OS/c28-22-13-7-8-14-23(22)29-26(33)32-17-15-27(16-18-32)30-24(21-11-5-2-6-12-21)25(31-27)34-19-20-9-3-1-4-10-20/h1-14H,15-19H2,(H,29,33). The molecule has 1 N–H and O–H groups in total. The third kappa shape index (κ3) is 5.03. The van der Waals surface area contributed by atoms with Gasteiger partial charge in [-0.25, -0.2) is 9.79 Å². The van der Waals surface area contributed by atoms with Crippen LogP contribution < -0.4 is 5.32 Å². The molecule has 0 saturated carbocycles. The van der Waals surface area contributed by atoms with E-state index in [-0.39, 0.29) is 6.03 Å². The Morgan fingerprint density at radius 3 is 2.26 bits per heavy atom. The number of likely N-dealkylation sites (tertiary alicyclic amines) is 1. The minimum Gasteiger partial charge on any atom is -0.324 e. The molecule has 172 valence electrons. The van der Waals surface area contributed by atoms with E-state index in [1.165, 1.54) is 5.56 Å². The maximum absolute atomic E-state index is 12.8. The summed E-state index contributed by atoms with van der Waals surface area (Å²) in [6.07, 6.45) is 1.38. The van der Waals surface area contributed by atoms with Crippen molar-refractivity contribution in [2.24, 2.45) is 9.98 Å². The van der Waals surface area contributed by atoms with Crippen LogP contribution in [0, 0.1) is 0 Å². The molecular formula is C27H25ClN4OS. The Bertz CT molecular complexity index is 1220. The molecule has 34 heavy (non-hydrogen) atoms. The van der Waals surface area contributed by atoms with Gasteiger partial charge in [-0.1, -0.05) is 96.2 Å². The summed E-state index contributed by atoms with van der Waals surface area (Å²) in [5, 5.41) is 4.43. The van der Waals surface area contributed by atoms with Crippen LogP contribution in [0.2, 0.25) is 5.02 Å². The molecule has 3 aromatic rings. The zero-order valence-electron chi connectivity index (χ0n) is 18.7. The number of urea groups is 1. The van der Waals surface area contributed by atoms with Crippen LogP contribution in [-0.2, 0) is 5.75 Å². The molecule has 5 nitrogen and oxygen atoms in total. The van der Waals surface area contributed by atoms with Crippen LogP contribution in [0.25, 0.3) is 0 Å². The number of para-hydroxylation sites is 1. The quantitative estimate of drug-likeness (QED) is 0.455. The van der Waals surface area contributed by atoms with Crippen LogP contribution in [0.5, 0.6) is 0 Å². The van der Waals surface area contributed by atoms with E-state index in [2.05, 4.69) is 41.7 Å². The van der Waals surface area contributed by atoms with Crippen LogP contribution in [0.4, 0.5) is 10.5 Å². The molecule has 0 atom stereocenters. The van der Waals surface area contributed by atoms with E-state index < -0.39 is 5.66 Å². The Balaban J connectivity index is 1.31. The Morgan fingerprint density at radius 1 is 0.912 bits per heavy atom. The lowest BCUT2D eigenvalue weighted by Gasteiger charge is -2.35. The van der Waals surface area contributed by atoms with Gasteiger partial charge in [-0.05, 0) is 17.7 Å². The number of piperidine rings is 1. The van der Waals surface area contributed by atoms with Crippen LogP contribution >= 0.6 is 23.4 Å². The van der Waals surface area contributed by atoms with E-state index in [1.54, 1.807) is 23.9 Å². The zero-order chi connectivity index (χ0) is 23.4. The van der Waals surface area contributed by atoms with E-state index >= 15 is 0 Å². The lowest BCUT2D eigenvalue weighted by Crippen LogP contribution is -2.46. The third-order valence-electron chi connectivity index (χ3n) is 6.06. The first-order valence-corrected chi connectivity index (χ1v) is 12.7. The van der Waals surface area contributed by atoms with Gasteiger partial charge < -0.3 is 10.2 Å². The summed E-state index contributed by atoms with van der Waals surface area (Å²) in [4.78, 5) is 24.9. The maximum Gasteiger partial charge on any atom is 0.321 e. The number of hydrogen-bond acceptors (Lipinski definition) is 4. The number of rotatable bonds is 4. The SMILES string of the molecule is O=C(Nc1ccccc1Cl)N1CCC2(CC1)N=C(SCc1ccccc1)C(c1ccccc1)=N2. The van der Waals surface area contributed by atoms with Crippen molar-refractivity contribution in [3.05, 3.63) is 101 Å². The Labute approximate surface area is 209 Å². The largest absolute Gasteiger partial charge is 0.324 e. The summed E-state index contributed by atoms with van der Waals surface area (Å²) >= 11 is 7.93. The minimum absolute atomic E-state index is 0.143. The molecule has 2 aliphatic rings. The molecule has 0 bridgehead atoms. The molecule has 2 heterocycles. The molecule has 3 aromatic carbocycles. The Hall–Kier alpha value is -3.09. The number of benzene rings is 3. The molecule has 0 unspecified atom stereocenters. The fraction of sp³-hybridized carbons (Fsp3) is 0.222. The number of carbonyl (C=O) groups is 1. The predicted octanol–water partition coefficient (Wildman–Crippen LogP) is 6.50. The van der Waals surface area contributed by atoms with Gasteiger partial charge in [0.25, 0.3) is 0 Å². The molecule has 1 fully saturated rings. The number of nitrogens with zero attached hydrogens (tertiary/aromatic N) is 3. The summed E-state index contributed by atoms with van der Waals surface area (Å²) in [7, 11) is 0. The molecule has 0 aliphatic carbocycles. The molecular weight excluding hydrogens is 464 g/mol. The second-order valence-electron chi connectivity index (χ2n) is 8.40. The van der Waals surface area contributed by atoms with Crippen molar-refractivity contribution >= 4 is 45.8 Å². The average Bonchev–Trinajstić information content (AvgIpc) is 3.23. The van der Waals surface area contributed by atoms with Crippen molar-refractivity contribution < 1.29 is 4.79 Å². The predicted molar refractivity (Wildman–Crippen MR) is 142 cm³/mol. The first kappa shape index (κ1) is 22.7. The van der Waals surface area contributed by atoms with Crippen molar-refractivity contribution in [2.45, 2.75) is 24.3 Å². The van der Waals surface area contributed by atoms with Gasteiger partial charge in [0.15, 0.2) is 5.66 Å². The lowest BCUT2D eigenvalue weighted by atomic mass is 9.98. The molecule has 0 radical (unpaired) electrons. The van der Waals surface area contributed by atoms with Gasteiger partial charge >= 0.3 is 6.03 Å². The molecule has 0 aromatic heterocycles. The first-order chi connectivity index (χ1) is 16.6. The van der Waals surface area contributed by atoms with Gasteiger partial charge in [0.05, 0.1) is 16.4 Å².